The predicted octanol–water partition coefficient (Wildman–Crippen LogP) is 3.17. The zero-order valence-electron chi connectivity index (χ0n) is 16.4. The molecule has 0 aromatic rings. The fourth-order valence-corrected chi connectivity index (χ4v) is 7.66. The Balaban J connectivity index is 1.75. The standard InChI is InChI=1S/C22H33NO3/c1-19-8-5-15(25)12-14(19)4-11-22(23)16(19)6-9-20(2)17(22)7-10-21(20,3)18(26)13-24/h12,16-17,24H,4-11,13,23H2,1-3H3/t16?,17?,19?,20?,21-,22?/m1/s1. The third-order valence-corrected chi connectivity index (χ3v) is 9.53. The monoisotopic (exact) mass is 359 g/mol. The molecular formula is C22H33NO3. The van der Waals surface area contributed by atoms with Crippen molar-refractivity contribution in [3.8, 4) is 0 Å². The molecule has 3 saturated carbocycles. The maximum Gasteiger partial charge on any atom is 0.164 e. The molecule has 0 amide bonds. The Kier molecular flexibility index (Phi) is 3.89. The Morgan fingerprint density at radius 1 is 1.12 bits per heavy atom. The highest BCUT2D eigenvalue weighted by Crippen LogP contribution is 2.70. The van der Waals surface area contributed by atoms with Crippen LogP contribution in [0.1, 0.15) is 72.1 Å². The summed E-state index contributed by atoms with van der Waals surface area (Å²) >= 11 is 0. The van der Waals surface area contributed by atoms with Crippen LogP contribution in [0, 0.1) is 28.1 Å². The van der Waals surface area contributed by atoms with Crippen molar-refractivity contribution in [3.63, 3.8) is 0 Å². The van der Waals surface area contributed by atoms with E-state index in [4.69, 9.17) is 5.73 Å². The second-order valence-electron chi connectivity index (χ2n) is 10.2. The molecule has 0 aliphatic heterocycles. The first-order valence-corrected chi connectivity index (χ1v) is 10.3. The summed E-state index contributed by atoms with van der Waals surface area (Å²) in [7, 11) is 0. The topological polar surface area (TPSA) is 80.4 Å². The van der Waals surface area contributed by atoms with Crippen LogP contribution in [-0.2, 0) is 9.59 Å². The van der Waals surface area contributed by atoms with Crippen LogP contribution in [0.15, 0.2) is 11.6 Å². The van der Waals surface area contributed by atoms with Crippen LogP contribution < -0.4 is 5.73 Å². The van der Waals surface area contributed by atoms with Crippen LogP contribution in [0.3, 0.4) is 0 Å². The second-order valence-corrected chi connectivity index (χ2v) is 10.2. The van der Waals surface area contributed by atoms with E-state index in [1.54, 1.807) is 0 Å². The van der Waals surface area contributed by atoms with E-state index < -0.39 is 5.41 Å². The van der Waals surface area contributed by atoms with Gasteiger partial charge in [0, 0.05) is 17.4 Å². The van der Waals surface area contributed by atoms with E-state index in [0.29, 0.717) is 18.3 Å². The smallest absolute Gasteiger partial charge is 0.164 e. The van der Waals surface area contributed by atoms with Crippen LogP contribution in [0.5, 0.6) is 0 Å². The second kappa shape index (κ2) is 5.51. The molecule has 0 heterocycles. The Morgan fingerprint density at radius 2 is 1.81 bits per heavy atom. The van der Waals surface area contributed by atoms with Gasteiger partial charge in [0.15, 0.2) is 11.6 Å². The molecule has 0 saturated heterocycles. The Labute approximate surface area is 156 Å². The van der Waals surface area contributed by atoms with Gasteiger partial charge in [0.2, 0.25) is 0 Å². The van der Waals surface area contributed by atoms with Gasteiger partial charge >= 0.3 is 0 Å². The zero-order chi connectivity index (χ0) is 19.0. The molecule has 3 fully saturated rings. The molecule has 4 heteroatoms. The van der Waals surface area contributed by atoms with Crippen LogP contribution in [0.25, 0.3) is 0 Å². The van der Waals surface area contributed by atoms with E-state index >= 15 is 0 Å². The van der Waals surface area contributed by atoms with E-state index in [2.05, 4.69) is 20.8 Å². The molecule has 4 aliphatic carbocycles. The maximum atomic E-state index is 12.7. The van der Waals surface area contributed by atoms with Crippen molar-refractivity contribution in [1.82, 2.24) is 0 Å². The van der Waals surface area contributed by atoms with Crippen LogP contribution in [0.4, 0.5) is 0 Å². The van der Waals surface area contributed by atoms with Crippen molar-refractivity contribution in [3.05, 3.63) is 11.6 Å². The molecule has 5 unspecified atom stereocenters. The van der Waals surface area contributed by atoms with E-state index in [1.807, 2.05) is 6.08 Å². The zero-order valence-corrected chi connectivity index (χ0v) is 16.4. The predicted molar refractivity (Wildman–Crippen MR) is 100 cm³/mol. The van der Waals surface area contributed by atoms with Crippen molar-refractivity contribution >= 4 is 11.6 Å². The number of carbonyl (C=O) groups excluding carboxylic acids is 2. The first-order valence-electron chi connectivity index (χ1n) is 10.3. The highest BCUT2D eigenvalue weighted by Gasteiger charge is 2.68. The number of rotatable bonds is 2. The summed E-state index contributed by atoms with van der Waals surface area (Å²) in [6.07, 6.45) is 9.08. The Bertz CT molecular complexity index is 700. The summed E-state index contributed by atoms with van der Waals surface area (Å²) in [6.45, 7) is 6.27. The van der Waals surface area contributed by atoms with E-state index in [-0.39, 0.29) is 34.5 Å². The summed E-state index contributed by atoms with van der Waals surface area (Å²) in [5.74, 6) is 0.943. The summed E-state index contributed by atoms with van der Waals surface area (Å²) in [4.78, 5) is 24.6. The average molecular weight is 360 g/mol. The van der Waals surface area contributed by atoms with Gasteiger partial charge in [-0.1, -0.05) is 26.3 Å². The quantitative estimate of drug-likeness (QED) is 0.793. The molecule has 26 heavy (non-hydrogen) atoms. The summed E-state index contributed by atoms with van der Waals surface area (Å²) < 4.78 is 0. The normalized spacial score (nSPS) is 50.5. The Hall–Kier alpha value is -1.00. The van der Waals surface area contributed by atoms with Gasteiger partial charge in [-0.05, 0) is 73.7 Å². The number of hydrogen-bond donors (Lipinski definition) is 2. The fraction of sp³-hybridized carbons (Fsp3) is 0.818. The molecule has 0 radical (unpaired) electrons. The van der Waals surface area contributed by atoms with E-state index in [1.165, 1.54) is 5.57 Å². The number of carbonyl (C=O) groups is 2. The highest BCUT2D eigenvalue weighted by molar-refractivity contribution is 5.91. The lowest BCUT2D eigenvalue weighted by molar-refractivity contribution is -0.146. The number of aliphatic hydroxyl groups excluding tert-OH is 1. The van der Waals surface area contributed by atoms with Gasteiger partial charge < -0.3 is 10.8 Å². The minimum atomic E-state index is -0.469. The van der Waals surface area contributed by atoms with Gasteiger partial charge in [-0.25, -0.2) is 0 Å². The largest absolute Gasteiger partial charge is 0.389 e. The van der Waals surface area contributed by atoms with Crippen LogP contribution in [-0.4, -0.2) is 28.8 Å². The molecule has 3 N–H and O–H groups in total. The van der Waals surface area contributed by atoms with Crippen molar-refractivity contribution in [2.45, 2.75) is 77.7 Å². The number of nitrogens with two attached hydrogens (primary N) is 1. The van der Waals surface area contributed by atoms with Crippen molar-refractivity contribution in [1.29, 1.82) is 0 Å². The minimum Gasteiger partial charge on any atom is -0.389 e. The van der Waals surface area contributed by atoms with Gasteiger partial charge in [-0.2, -0.15) is 0 Å². The number of allylic oxidation sites excluding steroid dienone is 1. The van der Waals surface area contributed by atoms with Gasteiger partial charge in [0.1, 0.15) is 6.61 Å². The lowest BCUT2D eigenvalue weighted by Crippen LogP contribution is -2.67. The maximum absolute atomic E-state index is 12.7. The fourth-order valence-electron chi connectivity index (χ4n) is 7.66. The molecule has 4 aliphatic rings. The van der Waals surface area contributed by atoms with E-state index in [0.717, 1.165) is 44.9 Å². The lowest BCUT2D eigenvalue weighted by Gasteiger charge is -2.64. The molecular weight excluding hydrogens is 326 g/mol. The van der Waals surface area contributed by atoms with E-state index in [9.17, 15) is 14.7 Å². The van der Waals surface area contributed by atoms with Gasteiger partial charge in [-0.3, -0.25) is 9.59 Å². The van der Waals surface area contributed by atoms with Gasteiger partial charge in [0.25, 0.3) is 0 Å². The van der Waals surface area contributed by atoms with Gasteiger partial charge in [0.05, 0.1) is 0 Å². The first kappa shape index (κ1) is 18.4. The van der Waals surface area contributed by atoms with Crippen molar-refractivity contribution in [2.75, 3.05) is 6.61 Å². The molecule has 0 spiro atoms. The molecule has 0 aromatic heterocycles. The third-order valence-electron chi connectivity index (χ3n) is 9.53. The molecule has 4 rings (SSSR count). The highest BCUT2D eigenvalue weighted by atomic mass is 16.3. The molecule has 4 nitrogen and oxygen atoms in total. The first-order chi connectivity index (χ1) is 12.1. The SMILES string of the molecule is CC12CCC(=O)C=C1CCC1(N)C2CCC2(C)C1CC[C@]2(C)C(=O)CO. The molecule has 6 atom stereocenters. The number of aliphatic hydroxyl groups is 1. The van der Waals surface area contributed by atoms with Crippen molar-refractivity contribution in [2.24, 2.45) is 33.8 Å². The number of hydrogen-bond acceptors (Lipinski definition) is 4. The molecule has 0 aromatic carbocycles. The lowest BCUT2D eigenvalue weighted by atomic mass is 9.42. The summed E-state index contributed by atoms with van der Waals surface area (Å²) in [6, 6.07) is 0. The van der Waals surface area contributed by atoms with Gasteiger partial charge in [-0.15, -0.1) is 0 Å². The molecule has 144 valence electrons. The summed E-state index contributed by atoms with van der Waals surface area (Å²) in [5, 5.41) is 9.56. The Morgan fingerprint density at radius 3 is 2.50 bits per heavy atom. The van der Waals surface area contributed by atoms with Crippen LogP contribution >= 0.6 is 0 Å². The number of ketones is 2. The summed E-state index contributed by atoms with van der Waals surface area (Å²) in [5.41, 5.74) is 7.71. The number of fused-ring (bicyclic) bond motifs is 5. The minimum absolute atomic E-state index is 0.0181. The molecule has 0 bridgehead atoms. The third kappa shape index (κ3) is 2.03. The van der Waals surface area contributed by atoms with Crippen LogP contribution in [0.2, 0.25) is 0 Å². The number of Topliss-reactive ketones (excluding diaryl/α,β-unsaturated/α-hetero) is 1. The average Bonchev–Trinajstić information content (AvgIpc) is 2.88. The van der Waals surface area contributed by atoms with Crippen molar-refractivity contribution < 1.29 is 14.7 Å².